The summed E-state index contributed by atoms with van der Waals surface area (Å²) < 4.78 is 7.69. The number of piperazine rings is 1. The molecule has 0 saturated carbocycles. The van der Waals surface area contributed by atoms with Crippen molar-refractivity contribution in [3.63, 3.8) is 0 Å². The van der Waals surface area contributed by atoms with Gasteiger partial charge >= 0.3 is 0 Å². The molecule has 0 spiro atoms. The van der Waals surface area contributed by atoms with E-state index in [1.807, 2.05) is 78.6 Å². The first-order chi connectivity index (χ1) is 17.1. The van der Waals surface area contributed by atoms with Crippen molar-refractivity contribution in [1.29, 1.82) is 0 Å². The van der Waals surface area contributed by atoms with Crippen LogP contribution in [0.25, 0.3) is 16.9 Å². The van der Waals surface area contributed by atoms with Crippen molar-refractivity contribution >= 4 is 23.2 Å². The average molecular weight is 486 g/mol. The zero-order valence-electron chi connectivity index (χ0n) is 19.9. The lowest BCUT2D eigenvalue weighted by atomic mass is 10.1. The van der Waals surface area contributed by atoms with Gasteiger partial charge in [0, 0.05) is 42.6 Å². The summed E-state index contributed by atoms with van der Waals surface area (Å²) in [5.74, 6) is 0.919. The zero-order chi connectivity index (χ0) is 24.4. The summed E-state index contributed by atoms with van der Waals surface area (Å²) in [6.45, 7) is 4.85. The van der Waals surface area contributed by atoms with Crippen molar-refractivity contribution in [2.24, 2.45) is 0 Å². The molecule has 4 aromatic rings. The number of halogens is 1. The molecule has 0 N–H and O–H groups in total. The topological polar surface area (TPSA) is 37.7 Å². The molecule has 0 atom stereocenters. The molecule has 1 aromatic heterocycles. The van der Waals surface area contributed by atoms with E-state index in [0.29, 0.717) is 18.1 Å². The number of aromatic nitrogens is 1. The molecule has 6 heteroatoms. The van der Waals surface area contributed by atoms with Crippen LogP contribution >= 0.6 is 11.6 Å². The second kappa shape index (κ2) is 9.88. The summed E-state index contributed by atoms with van der Waals surface area (Å²) in [6.07, 6.45) is 0. The van der Waals surface area contributed by atoms with E-state index in [4.69, 9.17) is 16.3 Å². The van der Waals surface area contributed by atoms with Crippen LogP contribution in [-0.4, -0.2) is 48.7 Å². The van der Waals surface area contributed by atoms with Crippen molar-refractivity contribution in [2.45, 2.75) is 6.92 Å². The Balaban J connectivity index is 1.44. The highest BCUT2D eigenvalue weighted by molar-refractivity contribution is 6.30. The van der Waals surface area contributed by atoms with Gasteiger partial charge in [-0.05, 0) is 55.0 Å². The Morgan fingerprint density at radius 3 is 2.20 bits per heavy atom. The summed E-state index contributed by atoms with van der Waals surface area (Å²) >= 11 is 6.14. The fourth-order valence-corrected chi connectivity index (χ4v) is 4.90. The van der Waals surface area contributed by atoms with Gasteiger partial charge < -0.3 is 19.1 Å². The highest BCUT2D eigenvalue weighted by atomic mass is 35.5. The van der Waals surface area contributed by atoms with Crippen molar-refractivity contribution in [2.75, 3.05) is 38.2 Å². The largest absolute Gasteiger partial charge is 0.495 e. The Bertz CT molecular complexity index is 1320. The second-order valence-electron chi connectivity index (χ2n) is 8.66. The summed E-state index contributed by atoms with van der Waals surface area (Å²) in [4.78, 5) is 18.0. The van der Waals surface area contributed by atoms with Crippen LogP contribution < -0.4 is 9.64 Å². The molecule has 0 unspecified atom stereocenters. The van der Waals surface area contributed by atoms with Crippen LogP contribution in [0.2, 0.25) is 5.02 Å². The van der Waals surface area contributed by atoms with Gasteiger partial charge in [0.25, 0.3) is 5.91 Å². The van der Waals surface area contributed by atoms with E-state index in [-0.39, 0.29) is 5.91 Å². The molecule has 0 bridgehead atoms. The molecule has 35 heavy (non-hydrogen) atoms. The molecule has 0 radical (unpaired) electrons. The number of methoxy groups -OCH3 is 1. The monoisotopic (exact) mass is 485 g/mol. The third-order valence-electron chi connectivity index (χ3n) is 6.62. The fraction of sp³-hybridized carbons (Fsp3) is 0.207. The second-order valence-corrected chi connectivity index (χ2v) is 9.09. The predicted octanol–water partition coefficient (Wildman–Crippen LogP) is 6.08. The van der Waals surface area contributed by atoms with Gasteiger partial charge in [-0.1, -0.05) is 54.1 Å². The number of amides is 1. The van der Waals surface area contributed by atoms with E-state index in [0.717, 1.165) is 52.7 Å². The molecule has 1 saturated heterocycles. The highest BCUT2D eigenvalue weighted by Gasteiger charge is 2.27. The van der Waals surface area contributed by atoms with Crippen molar-refractivity contribution in [3.8, 4) is 22.7 Å². The van der Waals surface area contributed by atoms with Gasteiger partial charge in [-0.3, -0.25) is 4.79 Å². The molecular weight excluding hydrogens is 458 g/mol. The molecule has 1 amide bonds. The van der Waals surface area contributed by atoms with Crippen molar-refractivity contribution < 1.29 is 9.53 Å². The Morgan fingerprint density at radius 1 is 0.857 bits per heavy atom. The Kier molecular flexibility index (Phi) is 6.51. The van der Waals surface area contributed by atoms with Crippen LogP contribution in [0.3, 0.4) is 0 Å². The first-order valence-electron chi connectivity index (χ1n) is 11.8. The van der Waals surface area contributed by atoms with Crippen LogP contribution in [0.1, 0.15) is 16.1 Å². The normalized spacial score (nSPS) is 13.7. The average Bonchev–Trinajstić information content (AvgIpc) is 3.26. The van der Waals surface area contributed by atoms with Crippen LogP contribution in [0, 0.1) is 6.92 Å². The number of anilines is 1. The summed E-state index contributed by atoms with van der Waals surface area (Å²) in [5, 5.41) is 0.688. The molecule has 2 heterocycles. The number of nitrogens with zero attached hydrogens (tertiary/aromatic N) is 3. The number of rotatable bonds is 5. The SMILES string of the molecule is COc1ccccc1N1CCN(C(=O)c2cc(-c3ccc(Cl)cc3)n(-c3ccccc3)c2C)CC1. The van der Waals surface area contributed by atoms with Crippen LogP contribution in [0.5, 0.6) is 5.75 Å². The number of benzene rings is 3. The summed E-state index contributed by atoms with van der Waals surface area (Å²) in [6, 6.07) is 28.0. The summed E-state index contributed by atoms with van der Waals surface area (Å²) in [5.41, 5.74) is 5.74. The van der Waals surface area contributed by atoms with Crippen molar-refractivity contribution in [3.05, 3.63) is 101 Å². The van der Waals surface area contributed by atoms with Crippen LogP contribution in [0.15, 0.2) is 84.9 Å². The smallest absolute Gasteiger partial charge is 0.255 e. The maximum atomic E-state index is 13.7. The Labute approximate surface area is 211 Å². The van der Waals surface area contributed by atoms with E-state index in [1.54, 1.807) is 7.11 Å². The molecule has 1 aliphatic heterocycles. The van der Waals surface area contributed by atoms with Gasteiger partial charge in [0.1, 0.15) is 5.75 Å². The highest BCUT2D eigenvalue weighted by Crippen LogP contribution is 2.32. The van der Waals surface area contributed by atoms with Gasteiger partial charge in [0.2, 0.25) is 0 Å². The van der Waals surface area contributed by atoms with Gasteiger partial charge in [0.15, 0.2) is 0 Å². The minimum atomic E-state index is 0.0621. The minimum Gasteiger partial charge on any atom is -0.495 e. The zero-order valence-corrected chi connectivity index (χ0v) is 20.7. The van der Waals surface area contributed by atoms with Crippen LogP contribution in [0.4, 0.5) is 5.69 Å². The molecule has 1 fully saturated rings. The number of hydrogen-bond acceptors (Lipinski definition) is 3. The molecule has 0 aliphatic carbocycles. The molecular formula is C29H28ClN3O2. The molecule has 5 nitrogen and oxygen atoms in total. The number of ether oxygens (including phenoxy) is 1. The lowest BCUT2D eigenvalue weighted by Crippen LogP contribution is -2.49. The third kappa shape index (κ3) is 4.52. The van der Waals surface area contributed by atoms with Crippen LogP contribution in [-0.2, 0) is 0 Å². The Morgan fingerprint density at radius 2 is 1.51 bits per heavy atom. The van der Waals surface area contributed by atoms with E-state index < -0.39 is 0 Å². The van der Waals surface area contributed by atoms with Gasteiger partial charge in [-0.2, -0.15) is 0 Å². The van der Waals surface area contributed by atoms with Gasteiger partial charge in [-0.25, -0.2) is 0 Å². The Hall–Kier alpha value is -3.70. The van der Waals surface area contributed by atoms with E-state index in [2.05, 4.69) is 27.7 Å². The first-order valence-corrected chi connectivity index (χ1v) is 12.2. The summed E-state index contributed by atoms with van der Waals surface area (Å²) in [7, 11) is 1.69. The number of hydrogen-bond donors (Lipinski definition) is 0. The minimum absolute atomic E-state index is 0.0621. The predicted molar refractivity (Wildman–Crippen MR) is 142 cm³/mol. The number of para-hydroxylation sites is 3. The van der Waals surface area contributed by atoms with Gasteiger partial charge in [-0.15, -0.1) is 0 Å². The molecule has 1 aliphatic rings. The fourth-order valence-electron chi connectivity index (χ4n) is 4.78. The molecule has 3 aromatic carbocycles. The maximum absolute atomic E-state index is 13.7. The maximum Gasteiger partial charge on any atom is 0.255 e. The lowest BCUT2D eigenvalue weighted by molar-refractivity contribution is 0.0746. The molecule has 5 rings (SSSR count). The van der Waals surface area contributed by atoms with E-state index in [9.17, 15) is 4.79 Å². The van der Waals surface area contributed by atoms with Crippen molar-refractivity contribution in [1.82, 2.24) is 9.47 Å². The quantitative estimate of drug-likeness (QED) is 0.344. The third-order valence-corrected chi connectivity index (χ3v) is 6.88. The first kappa shape index (κ1) is 23.1. The molecule has 178 valence electrons. The lowest BCUT2D eigenvalue weighted by Gasteiger charge is -2.36. The van der Waals surface area contributed by atoms with Gasteiger partial charge in [0.05, 0.1) is 24.1 Å². The number of carbonyl (C=O) groups is 1. The van der Waals surface area contributed by atoms with E-state index in [1.165, 1.54) is 0 Å². The standard InChI is InChI=1S/C29H28ClN3O2/c1-21-25(29(34)32-18-16-31(17-19-32)26-10-6-7-11-28(26)35-2)20-27(22-12-14-23(30)15-13-22)33(21)24-8-4-3-5-9-24/h3-15,20H,16-19H2,1-2H3. The number of carbonyl (C=O) groups excluding carboxylic acids is 1. The van der Waals surface area contributed by atoms with E-state index >= 15 is 0 Å².